The van der Waals surface area contributed by atoms with Crippen LogP contribution in [0, 0.1) is 0 Å². The highest BCUT2D eigenvalue weighted by atomic mass is 19.4. The first-order chi connectivity index (χ1) is 10.5. The summed E-state index contributed by atoms with van der Waals surface area (Å²) in [6.45, 7) is 5.21. The smallest absolute Gasteiger partial charge is 0.407 e. The molecule has 22 heavy (non-hydrogen) atoms. The normalized spacial score (nSPS) is 11.5. The van der Waals surface area contributed by atoms with Gasteiger partial charge >= 0.3 is 13.5 Å². The number of unbranched alkanes of at least 4 members (excludes halogenated alkanes) is 2. The average Bonchev–Trinajstić information content (AvgIpc) is 2.45. The lowest BCUT2D eigenvalue weighted by molar-refractivity contribution is -0.274. The Bertz CT molecular complexity index is 399. The maximum atomic E-state index is 12.1. The van der Waals surface area contributed by atoms with E-state index in [1.807, 2.05) is 0 Å². The summed E-state index contributed by atoms with van der Waals surface area (Å²) >= 11 is 0. The predicted octanol–water partition coefficient (Wildman–Crippen LogP) is 3.91. The fourth-order valence-corrected chi connectivity index (χ4v) is 1.74. The van der Waals surface area contributed by atoms with Gasteiger partial charge in [0.1, 0.15) is 5.75 Å². The number of benzene rings is 1. The van der Waals surface area contributed by atoms with Crippen LogP contribution in [0.5, 0.6) is 5.75 Å². The van der Waals surface area contributed by atoms with Crippen LogP contribution in [0.15, 0.2) is 24.3 Å². The molecule has 0 fully saturated rings. The third kappa shape index (κ3) is 7.70. The standard InChI is InChI=1S/C15H22BF3O3/c1-3-5-11-20-16(21-12-6-4-2)13-7-9-14(10-8-13)22-15(17,18)19/h7-10H,3-6,11-12H2,1-2H3. The van der Waals surface area contributed by atoms with Gasteiger partial charge in [0.25, 0.3) is 0 Å². The number of rotatable bonds is 10. The van der Waals surface area contributed by atoms with Crippen LogP contribution < -0.4 is 10.2 Å². The Morgan fingerprint density at radius 1 is 0.909 bits per heavy atom. The summed E-state index contributed by atoms with van der Waals surface area (Å²) < 4.78 is 51.6. The van der Waals surface area contributed by atoms with Crippen LogP contribution in [-0.4, -0.2) is 26.7 Å². The summed E-state index contributed by atoms with van der Waals surface area (Å²) in [5.41, 5.74) is 0.682. The minimum atomic E-state index is -4.68. The molecular formula is C15H22BF3O3. The molecule has 1 rings (SSSR count). The minimum absolute atomic E-state index is 0.253. The quantitative estimate of drug-likeness (QED) is 0.483. The number of hydrogen-bond donors (Lipinski definition) is 0. The molecular weight excluding hydrogens is 296 g/mol. The van der Waals surface area contributed by atoms with Crippen molar-refractivity contribution >= 4 is 12.6 Å². The second kappa shape index (κ2) is 9.74. The highest BCUT2D eigenvalue weighted by molar-refractivity contribution is 6.61. The molecule has 0 aliphatic rings. The topological polar surface area (TPSA) is 27.7 Å². The van der Waals surface area contributed by atoms with E-state index < -0.39 is 13.5 Å². The molecule has 0 aromatic heterocycles. The van der Waals surface area contributed by atoms with Crippen molar-refractivity contribution in [1.29, 1.82) is 0 Å². The molecule has 0 heterocycles. The van der Waals surface area contributed by atoms with Crippen molar-refractivity contribution in [3.05, 3.63) is 24.3 Å². The molecule has 0 radical (unpaired) electrons. The van der Waals surface area contributed by atoms with E-state index in [-0.39, 0.29) is 5.75 Å². The van der Waals surface area contributed by atoms with Crippen molar-refractivity contribution < 1.29 is 27.2 Å². The Morgan fingerprint density at radius 3 is 1.82 bits per heavy atom. The number of hydrogen-bond acceptors (Lipinski definition) is 3. The fraction of sp³-hybridized carbons (Fsp3) is 0.600. The predicted molar refractivity (Wildman–Crippen MR) is 80.2 cm³/mol. The average molecular weight is 318 g/mol. The summed E-state index contributed by atoms with van der Waals surface area (Å²) in [5, 5.41) is 0. The van der Waals surface area contributed by atoms with Gasteiger partial charge in [0.2, 0.25) is 0 Å². The Hall–Kier alpha value is -1.21. The monoisotopic (exact) mass is 318 g/mol. The largest absolute Gasteiger partial charge is 0.573 e. The number of ether oxygens (including phenoxy) is 1. The van der Waals surface area contributed by atoms with E-state index in [4.69, 9.17) is 9.31 Å². The van der Waals surface area contributed by atoms with Gasteiger partial charge in [0, 0.05) is 13.2 Å². The first-order valence-corrected chi connectivity index (χ1v) is 7.55. The van der Waals surface area contributed by atoms with Gasteiger partial charge in [-0.2, -0.15) is 0 Å². The molecule has 0 saturated heterocycles. The maximum Gasteiger partial charge on any atom is 0.573 e. The summed E-state index contributed by atoms with van der Waals surface area (Å²) in [7, 11) is -0.557. The van der Waals surface area contributed by atoms with E-state index in [0.717, 1.165) is 25.7 Å². The molecule has 7 heteroatoms. The number of halogens is 3. The highest BCUT2D eigenvalue weighted by Crippen LogP contribution is 2.21. The van der Waals surface area contributed by atoms with Crippen molar-refractivity contribution in [3.8, 4) is 5.75 Å². The lowest BCUT2D eigenvalue weighted by Crippen LogP contribution is -2.37. The van der Waals surface area contributed by atoms with Crippen LogP contribution in [0.4, 0.5) is 13.2 Å². The van der Waals surface area contributed by atoms with Crippen LogP contribution in [-0.2, 0) is 9.31 Å². The van der Waals surface area contributed by atoms with Crippen LogP contribution in [0.2, 0.25) is 0 Å². The van der Waals surface area contributed by atoms with E-state index in [0.29, 0.717) is 18.7 Å². The molecule has 0 aliphatic heterocycles. The Kier molecular flexibility index (Phi) is 8.34. The summed E-state index contributed by atoms with van der Waals surface area (Å²) in [5.74, 6) is -0.253. The zero-order valence-corrected chi connectivity index (χ0v) is 13.0. The third-order valence-electron chi connectivity index (χ3n) is 2.92. The highest BCUT2D eigenvalue weighted by Gasteiger charge is 2.31. The van der Waals surface area contributed by atoms with Crippen molar-refractivity contribution in [2.75, 3.05) is 13.2 Å². The van der Waals surface area contributed by atoms with Gasteiger partial charge in [-0.3, -0.25) is 0 Å². The van der Waals surface area contributed by atoms with Gasteiger partial charge in [-0.1, -0.05) is 38.8 Å². The van der Waals surface area contributed by atoms with Crippen molar-refractivity contribution in [1.82, 2.24) is 0 Å². The van der Waals surface area contributed by atoms with Gasteiger partial charge < -0.3 is 14.0 Å². The lowest BCUT2D eigenvalue weighted by Gasteiger charge is -2.15. The molecule has 124 valence electrons. The minimum Gasteiger partial charge on any atom is -0.407 e. The fourth-order valence-electron chi connectivity index (χ4n) is 1.74. The molecule has 0 saturated carbocycles. The van der Waals surface area contributed by atoms with Crippen molar-refractivity contribution in [2.24, 2.45) is 0 Å². The molecule has 0 atom stereocenters. The summed E-state index contributed by atoms with van der Waals surface area (Å²) in [6.07, 6.45) is -0.873. The second-order valence-electron chi connectivity index (χ2n) is 4.90. The Labute approximate surface area is 129 Å². The SMILES string of the molecule is CCCCOB(OCCCC)c1ccc(OC(F)(F)F)cc1. The first-order valence-electron chi connectivity index (χ1n) is 7.55. The van der Waals surface area contributed by atoms with Crippen LogP contribution in [0.1, 0.15) is 39.5 Å². The zero-order chi connectivity index (χ0) is 16.4. The molecule has 0 aliphatic carbocycles. The molecule has 1 aromatic rings. The molecule has 0 unspecified atom stereocenters. The molecule has 0 spiro atoms. The summed E-state index contributed by atoms with van der Waals surface area (Å²) in [4.78, 5) is 0. The van der Waals surface area contributed by atoms with Crippen LogP contribution in [0.3, 0.4) is 0 Å². The van der Waals surface area contributed by atoms with Gasteiger partial charge in [-0.05, 0) is 30.4 Å². The van der Waals surface area contributed by atoms with E-state index in [2.05, 4.69) is 18.6 Å². The zero-order valence-electron chi connectivity index (χ0n) is 13.0. The number of alkyl halides is 3. The Morgan fingerprint density at radius 2 is 1.41 bits per heavy atom. The summed E-state index contributed by atoms with van der Waals surface area (Å²) in [6, 6.07) is 5.59. The second-order valence-corrected chi connectivity index (χ2v) is 4.90. The van der Waals surface area contributed by atoms with E-state index in [1.54, 1.807) is 0 Å². The van der Waals surface area contributed by atoms with Crippen molar-refractivity contribution in [2.45, 2.75) is 45.9 Å². The van der Waals surface area contributed by atoms with E-state index >= 15 is 0 Å². The Balaban J connectivity index is 2.66. The molecule has 3 nitrogen and oxygen atoms in total. The van der Waals surface area contributed by atoms with Crippen LogP contribution >= 0.6 is 0 Å². The van der Waals surface area contributed by atoms with E-state index in [1.165, 1.54) is 24.3 Å². The van der Waals surface area contributed by atoms with E-state index in [9.17, 15) is 13.2 Å². The molecule has 1 aromatic carbocycles. The third-order valence-corrected chi connectivity index (χ3v) is 2.92. The maximum absolute atomic E-state index is 12.1. The van der Waals surface area contributed by atoms with Gasteiger partial charge in [0.15, 0.2) is 0 Å². The van der Waals surface area contributed by atoms with Crippen molar-refractivity contribution in [3.63, 3.8) is 0 Å². The molecule has 0 bridgehead atoms. The molecule has 0 amide bonds. The van der Waals surface area contributed by atoms with Gasteiger partial charge in [-0.15, -0.1) is 13.2 Å². The van der Waals surface area contributed by atoms with Crippen LogP contribution in [0.25, 0.3) is 0 Å². The van der Waals surface area contributed by atoms with Gasteiger partial charge in [0.05, 0.1) is 0 Å². The lowest BCUT2D eigenvalue weighted by atomic mass is 9.78. The van der Waals surface area contributed by atoms with Gasteiger partial charge in [-0.25, -0.2) is 0 Å². The first kappa shape index (κ1) is 18.8. The molecule has 0 N–H and O–H groups in total.